The van der Waals surface area contributed by atoms with Crippen molar-refractivity contribution in [2.75, 3.05) is 6.54 Å². The van der Waals surface area contributed by atoms with Gasteiger partial charge in [-0.05, 0) is 29.7 Å². The fourth-order valence-corrected chi connectivity index (χ4v) is 2.71. The van der Waals surface area contributed by atoms with Crippen LogP contribution in [0.5, 0.6) is 0 Å². The van der Waals surface area contributed by atoms with Crippen molar-refractivity contribution >= 4 is 12.0 Å². The number of fused-ring (bicyclic) bond motifs is 1. The lowest BCUT2D eigenvalue weighted by molar-refractivity contribution is -0.131. The topological polar surface area (TPSA) is 53.4 Å². The number of hydrogen-bond donors (Lipinski definition) is 1. The second-order valence-corrected chi connectivity index (χ2v) is 5.46. The number of rotatable bonds is 4. The van der Waals surface area contributed by atoms with Gasteiger partial charge in [0.2, 0.25) is 0 Å². The second kappa shape index (κ2) is 6.54. The molecule has 0 saturated heterocycles. The first-order valence-corrected chi connectivity index (χ1v) is 7.37. The maximum atomic E-state index is 10.6. The van der Waals surface area contributed by atoms with E-state index in [-0.39, 0.29) is 0 Å². The van der Waals surface area contributed by atoms with Crippen molar-refractivity contribution in [2.45, 2.75) is 19.5 Å². The van der Waals surface area contributed by atoms with Crippen molar-refractivity contribution in [3.05, 3.63) is 71.1 Å². The van der Waals surface area contributed by atoms with Crippen LogP contribution in [0.3, 0.4) is 0 Å². The van der Waals surface area contributed by atoms with Crippen LogP contribution in [0.2, 0.25) is 0 Å². The minimum absolute atomic E-state index is 0.697. The zero-order valence-corrected chi connectivity index (χ0v) is 12.3. The molecular weight excluding hydrogens is 276 g/mol. The predicted octanol–water partition coefficient (Wildman–Crippen LogP) is 2.74. The lowest BCUT2D eigenvalue weighted by Gasteiger charge is -2.28. The number of hydrogen-bond acceptors (Lipinski definition) is 3. The number of aliphatic carboxylic acids is 1. The van der Waals surface area contributed by atoms with Crippen molar-refractivity contribution < 1.29 is 9.90 Å². The summed E-state index contributed by atoms with van der Waals surface area (Å²) in [5.41, 5.74) is 4.31. The van der Waals surface area contributed by atoms with Gasteiger partial charge in [-0.1, -0.05) is 36.4 Å². The molecule has 4 heteroatoms. The molecule has 1 aliphatic rings. The average Bonchev–Trinajstić information content (AvgIpc) is 2.53. The molecule has 2 heterocycles. The van der Waals surface area contributed by atoms with Crippen LogP contribution >= 0.6 is 0 Å². The van der Waals surface area contributed by atoms with Crippen molar-refractivity contribution in [1.82, 2.24) is 9.88 Å². The average molecular weight is 294 g/mol. The largest absolute Gasteiger partial charge is 0.478 e. The van der Waals surface area contributed by atoms with Crippen LogP contribution in [0.4, 0.5) is 0 Å². The van der Waals surface area contributed by atoms with E-state index in [1.54, 1.807) is 6.08 Å². The van der Waals surface area contributed by atoms with Crippen molar-refractivity contribution in [2.24, 2.45) is 0 Å². The van der Waals surface area contributed by atoms with Crippen LogP contribution < -0.4 is 0 Å². The SMILES string of the molecule is O=C(O)/C=C/c1ccc2c(n1)CN(Cc1ccccc1)CC2. The van der Waals surface area contributed by atoms with Gasteiger partial charge in [0, 0.05) is 25.7 Å². The van der Waals surface area contributed by atoms with Gasteiger partial charge in [-0.15, -0.1) is 0 Å². The zero-order chi connectivity index (χ0) is 15.4. The fraction of sp³-hybridized carbons (Fsp3) is 0.222. The molecule has 0 aliphatic carbocycles. The molecule has 0 unspecified atom stereocenters. The fourth-order valence-electron chi connectivity index (χ4n) is 2.71. The summed E-state index contributed by atoms with van der Waals surface area (Å²) in [6.07, 6.45) is 3.65. The summed E-state index contributed by atoms with van der Waals surface area (Å²) >= 11 is 0. The Morgan fingerprint density at radius 3 is 2.82 bits per heavy atom. The quantitative estimate of drug-likeness (QED) is 0.881. The Morgan fingerprint density at radius 1 is 1.23 bits per heavy atom. The molecule has 0 amide bonds. The summed E-state index contributed by atoms with van der Waals surface area (Å²) in [7, 11) is 0. The minimum atomic E-state index is -0.953. The van der Waals surface area contributed by atoms with E-state index in [1.807, 2.05) is 12.1 Å². The highest BCUT2D eigenvalue weighted by molar-refractivity contribution is 5.84. The number of nitrogens with zero attached hydrogens (tertiary/aromatic N) is 2. The summed E-state index contributed by atoms with van der Waals surface area (Å²) in [4.78, 5) is 17.5. The van der Waals surface area contributed by atoms with Gasteiger partial charge in [-0.25, -0.2) is 4.79 Å². The van der Waals surface area contributed by atoms with E-state index in [0.29, 0.717) is 5.69 Å². The van der Waals surface area contributed by atoms with E-state index in [0.717, 1.165) is 37.8 Å². The van der Waals surface area contributed by atoms with Crippen LogP contribution in [0, 0.1) is 0 Å². The Hall–Kier alpha value is -2.46. The molecule has 1 N–H and O–H groups in total. The predicted molar refractivity (Wildman–Crippen MR) is 85.2 cm³/mol. The highest BCUT2D eigenvalue weighted by Crippen LogP contribution is 2.19. The second-order valence-electron chi connectivity index (χ2n) is 5.46. The number of carboxylic acids is 1. The molecule has 0 bridgehead atoms. The van der Waals surface area contributed by atoms with E-state index in [9.17, 15) is 4.79 Å². The number of carbonyl (C=O) groups is 1. The van der Waals surface area contributed by atoms with Crippen molar-refractivity contribution in [3.8, 4) is 0 Å². The van der Waals surface area contributed by atoms with Crippen molar-refractivity contribution in [3.63, 3.8) is 0 Å². The molecule has 2 aromatic rings. The number of pyridine rings is 1. The molecule has 1 aliphatic heterocycles. The standard InChI is InChI=1S/C18H18N2O2/c21-18(22)9-8-16-7-6-15-10-11-20(13-17(15)19-16)12-14-4-2-1-3-5-14/h1-9H,10-13H2,(H,21,22)/b9-8+. The Morgan fingerprint density at radius 2 is 2.05 bits per heavy atom. The first-order chi connectivity index (χ1) is 10.7. The molecule has 1 aromatic heterocycles. The lowest BCUT2D eigenvalue weighted by Crippen LogP contribution is -2.30. The summed E-state index contributed by atoms with van der Waals surface area (Å²) in [5.74, 6) is -0.953. The Labute approximate surface area is 129 Å². The van der Waals surface area contributed by atoms with Gasteiger partial charge in [0.1, 0.15) is 0 Å². The van der Waals surface area contributed by atoms with Gasteiger partial charge in [-0.3, -0.25) is 9.88 Å². The van der Waals surface area contributed by atoms with Gasteiger partial charge in [0.25, 0.3) is 0 Å². The molecule has 0 radical (unpaired) electrons. The van der Waals surface area contributed by atoms with E-state index in [1.165, 1.54) is 11.1 Å². The van der Waals surface area contributed by atoms with Gasteiger partial charge in [-0.2, -0.15) is 0 Å². The molecule has 3 rings (SSSR count). The summed E-state index contributed by atoms with van der Waals surface area (Å²) in [5, 5.41) is 8.70. The van der Waals surface area contributed by atoms with E-state index >= 15 is 0 Å². The summed E-state index contributed by atoms with van der Waals surface area (Å²) in [6.45, 7) is 2.74. The van der Waals surface area contributed by atoms with Crippen LogP contribution in [0.25, 0.3) is 6.08 Å². The summed E-state index contributed by atoms with van der Waals surface area (Å²) in [6, 6.07) is 14.3. The molecule has 0 fully saturated rings. The molecule has 0 atom stereocenters. The molecule has 0 spiro atoms. The minimum Gasteiger partial charge on any atom is -0.478 e. The van der Waals surface area contributed by atoms with Gasteiger partial charge >= 0.3 is 5.97 Å². The normalized spacial score (nSPS) is 14.9. The first kappa shape index (κ1) is 14.5. The Balaban J connectivity index is 1.73. The van der Waals surface area contributed by atoms with Crippen LogP contribution in [-0.4, -0.2) is 27.5 Å². The molecule has 22 heavy (non-hydrogen) atoms. The maximum Gasteiger partial charge on any atom is 0.328 e. The van der Waals surface area contributed by atoms with E-state index < -0.39 is 5.97 Å². The Kier molecular flexibility index (Phi) is 4.30. The third kappa shape index (κ3) is 3.59. The van der Waals surface area contributed by atoms with Crippen LogP contribution in [0.15, 0.2) is 48.5 Å². The van der Waals surface area contributed by atoms with Crippen molar-refractivity contribution in [1.29, 1.82) is 0 Å². The van der Waals surface area contributed by atoms with Gasteiger partial charge < -0.3 is 5.11 Å². The smallest absolute Gasteiger partial charge is 0.328 e. The number of carboxylic acid groups (broad SMARTS) is 1. The monoisotopic (exact) mass is 294 g/mol. The third-order valence-corrected chi connectivity index (χ3v) is 3.81. The molecule has 1 aromatic carbocycles. The highest BCUT2D eigenvalue weighted by atomic mass is 16.4. The number of benzene rings is 1. The molecule has 112 valence electrons. The van der Waals surface area contributed by atoms with Gasteiger partial charge in [0.05, 0.1) is 11.4 Å². The molecule has 0 saturated carbocycles. The molecule has 4 nitrogen and oxygen atoms in total. The van der Waals surface area contributed by atoms with Crippen LogP contribution in [0.1, 0.15) is 22.5 Å². The zero-order valence-electron chi connectivity index (χ0n) is 12.3. The first-order valence-electron chi connectivity index (χ1n) is 7.37. The highest BCUT2D eigenvalue weighted by Gasteiger charge is 2.17. The number of aromatic nitrogens is 1. The van der Waals surface area contributed by atoms with E-state index in [4.69, 9.17) is 5.11 Å². The molecular formula is C18H18N2O2. The Bertz CT molecular complexity index is 695. The third-order valence-electron chi connectivity index (χ3n) is 3.81. The lowest BCUT2D eigenvalue weighted by atomic mass is 10.0. The van der Waals surface area contributed by atoms with Gasteiger partial charge in [0.15, 0.2) is 0 Å². The summed E-state index contributed by atoms with van der Waals surface area (Å²) < 4.78 is 0. The van der Waals surface area contributed by atoms with E-state index in [2.05, 4.69) is 40.2 Å². The van der Waals surface area contributed by atoms with Crippen LogP contribution in [-0.2, 0) is 24.3 Å². The maximum absolute atomic E-state index is 10.6.